The second kappa shape index (κ2) is 7.49. The highest BCUT2D eigenvalue weighted by Gasteiger charge is 2.05. The molecule has 1 amide bonds. The summed E-state index contributed by atoms with van der Waals surface area (Å²) in [6, 6.07) is 20.3. The van der Waals surface area contributed by atoms with Crippen LogP contribution in [0.4, 0.5) is 0 Å². The number of benzene rings is 3. The summed E-state index contributed by atoms with van der Waals surface area (Å²) in [5.74, 6) is 0.362. The van der Waals surface area contributed by atoms with Crippen LogP contribution in [0.25, 0.3) is 16.8 Å². The normalized spacial score (nSPS) is 11.0. The number of primary amides is 1. The van der Waals surface area contributed by atoms with Gasteiger partial charge in [-0.3, -0.25) is 4.79 Å². The Balaban J connectivity index is 1.78. The highest BCUT2D eigenvalue weighted by atomic mass is 127. The van der Waals surface area contributed by atoms with Crippen LogP contribution in [-0.4, -0.2) is 5.91 Å². The molecule has 0 saturated carbocycles. The van der Waals surface area contributed by atoms with E-state index >= 15 is 0 Å². The smallest absolute Gasteiger partial charge is 0.241 e. The third-order valence-electron chi connectivity index (χ3n) is 3.66. The zero-order valence-electron chi connectivity index (χ0n) is 12.9. The molecule has 0 unspecified atom stereocenters. The van der Waals surface area contributed by atoms with Gasteiger partial charge in [-0.25, -0.2) is 0 Å². The van der Waals surface area contributed by atoms with Crippen LogP contribution in [0.3, 0.4) is 0 Å². The molecule has 120 valence electrons. The van der Waals surface area contributed by atoms with Gasteiger partial charge in [0.2, 0.25) is 5.91 Å². The van der Waals surface area contributed by atoms with Gasteiger partial charge in [-0.1, -0.05) is 48.5 Å². The van der Waals surface area contributed by atoms with E-state index in [1.165, 1.54) is 16.8 Å². The zero-order valence-corrected chi connectivity index (χ0v) is 15.1. The van der Waals surface area contributed by atoms with E-state index in [0.717, 1.165) is 20.4 Å². The molecule has 3 aromatic rings. The van der Waals surface area contributed by atoms with Crippen molar-refractivity contribution < 1.29 is 9.53 Å². The van der Waals surface area contributed by atoms with Crippen molar-refractivity contribution in [2.45, 2.75) is 6.61 Å². The molecule has 0 heterocycles. The number of rotatable bonds is 5. The van der Waals surface area contributed by atoms with Gasteiger partial charge in [-0.15, -0.1) is 0 Å². The molecule has 2 N–H and O–H groups in total. The number of hydrogen-bond acceptors (Lipinski definition) is 2. The molecular formula is C20H16INO2. The number of nitrogens with two attached hydrogens (primary N) is 1. The first kappa shape index (κ1) is 16.5. The maximum atomic E-state index is 10.8. The maximum absolute atomic E-state index is 10.8. The fourth-order valence-corrected chi connectivity index (χ4v) is 3.19. The van der Waals surface area contributed by atoms with Crippen LogP contribution in [0.1, 0.15) is 11.1 Å². The lowest BCUT2D eigenvalue weighted by Gasteiger charge is -2.11. The molecule has 0 spiro atoms. The Labute approximate surface area is 154 Å². The van der Waals surface area contributed by atoms with Crippen molar-refractivity contribution in [3.8, 4) is 5.75 Å². The summed E-state index contributed by atoms with van der Waals surface area (Å²) >= 11 is 2.23. The van der Waals surface area contributed by atoms with Crippen LogP contribution in [0, 0.1) is 3.57 Å². The first-order chi connectivity index (χ1) is 11.6. The molecule has 4 heteroatoms. The van der Waals surface area contributed by atoms with Crippen molar-refractivity contribution in [2.24, 2.45) is 5.73 Å². The quantitative estimate of drug-likeness (QED) is 0.479. The third-order valence-corrected chi connectivity index (χ3v) is 4.50. The topological polar surface area (TPSA) is 52.3 Å². The molecular weight excluding hydrogens is 413 g/mol. The van der Waals surface area contributed by atoms with Crippen LogP contribution in [0.2, 0.25) is 0 Å². The van der Waals surface area contributed by atoms with E-state index in [2.05, 4.69) is 46.9 Å². The van der Waals surface area contributed by atoms with Crippen molar-refractivity contribution in [3.05, 3.63) is 81.4 Å². The Morgan fingerprint density at radius 1 is 1.08 bits per heavy atom. The van der Waals surface area contributed by atoms with Crippen LogP contribution in [0.5, 0.6) is 5.75 Å². The molecule has 0 radical (unpaired) electrons. The summed E-state index contributed by atoms with van der Waals surface area (Å²) in [7, 11) is 0. The zero-order chi connectivity index (χ0) is 16.9. The number of amides is 1. The molecule has 0 aliphatic carbocycles. The minimum absolute atomic E-state index is 0.457. The highest BCUT2D eigenvalue weighted by Crippen LogP contribution is 2.25. The predicted octanol–water partition coefficient (Wildman–Crippen LogP) is 4.52. The Morgan fingerprint density at radius 3 is 2.67 bits per heavy atom. The van der Waals surface area contributed by atoms with E-state index in [-0.39, 0.29) is 0 Å². The second-order valence-corrected chi connectivity index (χ2v) is 6.51. The van der Waals surface area contributed by atoms with Crippen LogP contribution in [0.15, 0.2) is 66.7 Å². The molecule has 0 aliphatic rings. The fourth-order valence-electron chi connectivity index (χ4n) is 2.49. The molecule has 3 nitrogen and oxygen atoms in total. The Hall–Kier alpha value is -2.34. The number of fused-ring (bicyclic) bond motifs is 1. The summed E-state index contributed by atoms with van der Waals surface area (Å²) < 4.78 is 6.97. The lowest BCUT2D eigenvalue weighted by Crippen LogP contribution is -2.05. The SMILES string of the molecule is NC(=O)/C=C/c1ccc(OCc2cccc3ccccc23)c(I)c1. The average molecular weight is 429 g/mol. The van der Waals surface area contributed by atoms with Crippen LogP contribution >= 0.6 is 22.6 Å². The first-order valence-electron chi connectivity index (χ1n) is 7.50. The summed E-state index contributed by atoms with van der Waals surface area (Å²) in [5.41, 5.74) is 7.18. The standard InChI is InChI=1S/C20H16INO2/c21-18-12-14(9-11-20(22)23)8-10-19(18)24-13-16-6-3-5-15-4-1-2-7-17(15)16/h1-12H,13H2,(H2,22,23)/b11-9+. The molecule has 3 rings (SSSR count). The van der Waals surface area contributed by atoms with Gasteiger partial charge >= 0.3 is 0 Å². The molecule has 3 aromatic carbocycles. The lowest BCUT2D eigenvalue weighted by molar-refractivity contribution is -0.113. The molecule has 0 saturated heterocycles. The molecule has 0 fully saturated rings. The Kier molecular flexibility index (Phi) is 5.15. The van der Waals surface area contributed by atoms with Gasteiger partial charge in [-0.2, -0.15) is 0 Å². The van der Waals surface area contributed by atoms with Crippen LogP contribution < -0.4 is 10.5 Å². The number of hydrogen-bond donors (Lipinski definition) is 1. The van der Waals surface area contributed by atoms with Crippen molar-refractivity contribution in [1.82, 2.24) is 0 Å². The monoisotopic (exact) mass is 429 g/mol. The van der Waals surface area contributed by atoms with Gasteiger partial charge in [0, 0.05) is 6.08 Å². The fraction of sp³-hybridized carbons (Fsp3) is 0.0500. The number of halogens is 1. The Morgan fingerprint density at radius 2 is 1.88 bits per heavy atom. The van der Waals surface area contributed by atoms with Crippen molar-refractivity contribution in [1.29, 1.82) is 0 Å². The van der Waals surface area contributed by atoms with Gasteiger partial charge in [0.1, 0.15) is 12.4 Å². The summed E-state index contributed by atoms with van der Waals surface area (Å²) in [6.07, 6.45) is 3.04. The van der Waals surface area contributed by atoms with Crippen molar-refractivity contribution >= 4 is 45.3 Å². The first-order valence-corrected chi connectivity index (χ1v) is 8.58. The van der Waals surface area contributed by atoms with E-state index in [4.69, 9.17) is 10.5 Å². The minimum atomic E-state index is -0.457. The van der Waals surface area contributed by atoms with E-state index in [1.54, 1.807) is 6.08 Å². The highest BCUT2D eigenvalue weighted by molar-refractivity contribution is 14.1. The third kappa shape index (κ3) is 3.94. The average Bonchev–Trinajstić information content (AvgIpc) is 2.59. The number of carbonyl (C=O) groups excluding carboxylic acids is 1. The minimum Gasteiger partial charge on any atom is -0.488 e. The summed E-state index contributed by atoms with van der Waals surface area (Å²) in [4.78, 5) is 10.8. The van der Waals surface area contributed by atoms with E-state index in [1.807, 2.05) is 36.4 Å². The molecule has 24 heavy (non-hydrogen) atoms. The molecule has 0 aliphatic heterocycles. The summed E-state index contributed by atoms with van der Waals surface area (Å²) in [6.45, 7) is 0.508. The lowest BCUT2D eigenvalue weighted by atomic mass is 10.1. The van der Waals surface area contributed by atoms with Gasteiger partial charge in [-0.05, 0) is 62.7 Å². The van der Waals surface area contributed by atoms with Gasteiger partial charge in [0.25, 0.3) is 0 Å². The number of ether oxygens (including phenoxy) is 1. The van der Waals surface area contributed by atoms with Crippen LogP contribution in [-0.2, 0) is 11.4 Å². The van der Waals surface area contributed by atoms with E-state index in [9.17, 15) is 4.79 Å². The van der Waals surface area contributed by atoms with Crippen molar-refractivity contribution in [3.63, 3.8) is 0 Å². The second-order valence-electron chi connectivity index (χ2n) is 5.35. The van der Waals surface area contributed by atoms with Gasteiger partial charge in [0.05, 0.1) is 3.57 Å². The molecule has 0 aromatic heterocycles. The van der Waals surface area contributed by atoms with Gasteiger partial charge < -0.3 is 10.5 Å². The number of carbonyl (C=O) groups is 1. The summed E-state index contributed by atoms with van der Waals surface area (Å²) in [5, 5.41) is 2.41. The van der Waals surface area contributed by atoms with E-state index in [0.29, 0.717) is 6.61 Å². The maximum Gasteiger partial charge on any atom is 0.241 e. The van der Waals surface area contributed by atoms with Crippen molar-refractivity contribution in [2.75, 3.05) is 0 Å². The Bertz CT molecular complexity index is 913. The van der Waals surface area contributed by atoms with E-state index < -0.39 is 5.91 Å². The molecule has 0 bridgehead atoms. The molecule has 0 atom stereocenters. The largest absolute Gasteiger partial charge is 0.488 e. The predicted molar refractivity (Wildman–Crippen MR) is 106 cm³/mol. The van der Waals surface area contributed by atoms with Gasteiger partial charge in [0.15, 0.2) is 0 Å².